The van der Waals surface area contributed by atoms with Gasteiger partial charge >= 0.3 is 0 Å². The normalized spacial score (nSPS) is 13.3. The van der Waals surface area contributed by atoms with Gasteiger partial charge in [-0.3, -0.25) is 19.3 Å². The highest BCUT2D eigenvalue weighted by Gasteiger charge is 2.34. The molecule has 4 rings (SSSR count). The minimum atomic E-state index is -0.345. The van der Waals surface area contributed by atoms with Gasteiger partial charge in [0.15, 0.2) is 0 Å². The number of benzene rings is 2. The number of H-pyrrole nitrogens is 1. The van der Waals surface area contributed by atoms with Crippen LogP contribution in [0, 0.1) is 6.92 Å². The first-order valence-electron chi connectivity index (χ1n) is 8.37. The number of carbonyl (C=O) groups excluding carboxylic acids is 3. The van der Waals surface area contributed by atoms with Crippen LogP contribution in [0.5, 0.6) is 0 Å². The molecule has 130 valence electrons. The molecule has 0 unspecified atom stereocenters. The summed E-state index contributed by atoms with van der Waals surface area (Å²) >= 11 is 0. The van der Waals surface area contributed by atoms with Crippen molar-refractivity contribution < 1.29 is 14.4 Å². The molecule has 0 saturated heterocycles. The fourth-order valence-corrected chi connectivity index (χ4v) is 3.23. The summed E-state index contributed by atoms with van der Waals surface area (Å²) in [6, 6.07) is 14.3. The summed E-state index contributed by atoms with van der Waals surface area (Å²) in [5.74, 6) is -0.932. The zero-order chi connectivity index (χ0) is 18.3. The lowest BCUT2D eigenvalue weighted by atomic mass is 10.1. The molecule has 0 saturated carbocycles. The van der Waals surface area contributed by atoms with E-state index in [0.29, 0.717) is 16.8 Å². The Balaban J connectivity index is 1.41. The molecule has 1 aromatic heterocycles. The summed E-state index contributed by atoms with van der Waals surface area (Å²) in [5.41, 5.74) is 3.53. The second kappa shape index (κ2) is 6.15. The molecular formula is C20H17N3O3. The molecule has 3 amide bonds. The first kappa shape index (κ1) is 16.1. The molecule has 3 aromatic rings. The third kappa shape index (κ3) is 2.75. The van der Waals surface area contributed by atoms with E-state index < -0.39 is 0 Å². The van der Waals surface area contributed by atoms with Crippen LogP contribution in [0.15, 0.2) is 48.5 Å². The Labute approximate surface area is 149 Å². The highest BCUT2D eigenvalue weighted by molar-refractivity contribution is 6.21. The van der Waals surface area contributed by atoms with Crippen molar-refractivity contribution in [2.24, 2.45) is 0 Å². The van der Waals surface area contributed by atoms with E-state index in [1.54, 1.807) is 24.3 Å². The van der Waals surface area contributed by atoms with E-state index in [4.69, 9.17) is 0 Å². The van der Waals surface area contributed by atoms with E-state index in [2.05, 4.69) is 10.3 Å². The number of anilines is 1. The van der Waals surface area contributed by atoms with E-state index in [0.717, 1.165) is 21.5 Å². The van der Waals surface area contributed by atoms with Crippen molar-refractivity contribution in [3.8, 4) is 0 Å². The van der Waals surface area contributed by atoms with E-state index in [1.807, 2.05) is 31.2 Å². The van der Waals surface area contributed by atoms with Gasteiger partial charge in [0, 0.05) is 35.2 Å². The minimum Gasteiger partial charge on any atom is -0.359 e. The molecule has 0 bridgehead atoms. The first-order chi connectivity index (χ1) is 12.5. The van der Waals surface area contributed by atoms with Crippen molar-refractivity contribution in [1.82, 2.24) is 9.88 Å². The SMILES string of the molecule is Cc1cc2cc(NC(=O)CCN3C(=O)c4ccccc4C3=O)ccc2[nH]1. The molecule has 0 atom stereocenters. The maximum atomic E-state index is 12.3. The molecule has 2 N–H and O–H groups in total. The number of aromatic amines is 1. The second-order valence-corrected chi connectivity index (χ2v) is 6.36. The average molecular weight is 347 g/mol. The molecule has 0 radical (unpaired) electrons. The van der Waals surface area contributed by atoms with Gasteiger partial charge in [-0.1, -0.05) is 12.1 Å². The van der Waals surface area contributed by atoms with Crippen LogP contribution in [0.25, 0.3) is 10.9 Å². The number of amides is 3. The monoisotopic (exact) mass is 347 g/mol. The number of aromatic nitrogens is 1. The zero-order valence-electron chi connectivity index (χ0n) is 14.2. The molecule has 2 heterocycles. The summed E-state index contributed by atoms with van der Waals surface area (Å²) in [6.07, 6.45) is 0.0513. The van der Waals surface area contributed by atoms with Crippen molar-refractivity contribution in [2.45, 2.75) is 13.3 Å². The van der Waals surface area contributed by atoms with Crippen LogP contribution >= 0.6 is 0 Å². The van der Waals surface area contributed by atoms with Crippen LogP contribution in [-0.4, -0.2) is 34.2 Å². The van der Waals surface area contributed by atoms with Crippen molar-refractivity contribution in [3.05, 3.63) is 65.4 Å². The number of carbonyl (C=O) groups is 3. The largest absolute Gasteiger partial charge is 0.359 e. The number of nitrogens with one attached hydrogen (secondary N) is 2. The summed E-state index contributed by atoms with van der Waals surface area (Å²) in [6.45, 7) is 2.03. The van der Waals surface area contributed by atoms with Gasteiger partial charge in [0.1, 0.15) is 0 Å². The van der Waals surface area contributed by atoms with Crippen molar-refractivity contribution >= 4 is 34.3 Å². The lowest BCUT2D eigenvalue weighted by molar-refractivity contribution is -0.116. The third-order valence-electron chi connectivity index (χ3n) is 4.48. The molecule has 26 heavy (non-hydrogen) atoms. The second-order valence-electron chi connectivity index (χ2n) is 6.36. The molecule has 1 aliphatic rings. The highest BCUT2D eigenvalue weighted by atomic mass is 16.2. The van der Waals surface area contributed by atoms with Gasteiger partial charge < -0.3 is 10.3 Å². The molecule has 0 aliphatic carbocycles. The lowest BCUT2D eigenvalue weighted by Crippen LogP contribution is -2.32. The number of aryl methyl sites for hydroxylation is 1. The summed E-state index contributed by atoms with van der Waals surface area (Å²) in [5, 5.41) is 3.83. The molecule has 6 heteroatoms. The predicted molar refractivity (Wildman–Crippen MR) is 98.1 cm³/mol. The van der Waals surface area contributed by atoms with Crippen LogP contribution in [-0.2, 0) is 4.79 Å². The van der Waals surface area contributed by atoms with Gasteiger partial charge in [0.25, 0.3) is 11.8 Å². The number of nitrogens with zero attached hydrogens (tertiary/aromatic N) is 1. The Bertz CT molecular complexity index is 1020. The van der Waals surface area contributed by atoms with Crippen LogP contribution in [0.3, 0.4) is 0 Å². The van der Waals surface area contributed by atoms with Crippen molar-refractivity contribution in [2.75, 3.05) is 11.9 Å². The first-order valence-corrected chi connectivity index (χ1v) is 8.37. The minimum absolute atomic E-state index is 0.0513. The van der Waals surface area contributed by atoms with Gasteiger partial charge in [-0.25, -0.2) is 0 Å². The topological polar surface area (TPSA) is 82.3 Å². The predicted octanol–water partition coefficient (Wildman–Crippen LogP) is 3.10. The van der Waals surface area contributed by atoms with E-state index in [9.17, 15) is 14.4 Å². The zero-order valence-corrected chi connectivity index (χ0v) is 14.2. The van der Waals surface area contributed by atoms with Gasteiger partial charge in [-0.15, -0.1) is 0 Å². The van der Waals surface area contributed by atoms with Crippen LogP contribution in [0.4, 0.5) is 5.69 Å². The average Bonchev–Trinajstić information content (AvgIpc) is 3.11. The summed E-state index contributed by atoms with van der Waals surface area (Å²) in [4.78, 5) is 41.2. The Morgan fingerprint density at radius 1 is 1.04 bits per heavy atom. The molecule has 0 fully saturated rings. The molecular weight excluding hydrogens is 330 g/mol. The van der Waals surface area contributed by atoms with E-state index in [-0.39, 0.29) is 30.7 Å². The number of imide groups is 1. The number of fused-ring (bicyclic) bond motifs is 2. The number of hydrogen-bond donors (Lipinski definition) is 2. The molecule has 2 aromatic carbocycles. The smallest absolute Gasteiger partial charge is 0.261 e. The van der Waals surface area contributed by atoms with E-state index in [1.165, 1.54) is 0 Å². The van der Waals surface area contributed by atoms with E-state index >= 15 is 0 Å². The van der Waals surface area contributed by atoms with Gasteiger partial charge in [-0.2, -0.15) is 0 Å². The lowest BCUT2D eigenvalue weighted by Gasteiger charge is -2.13. The van der Waals surface area contributed by atoms with Crippen molar-refractivity contribution in [1.29, 1.82) is 0 Å². The van der Waals surface area contributed by atoms with Crippen LogP contribution in [0.2, 0.25) is 0 Å². The fourth-order valence-electron chi connectivity index (χ4n) is 3.23. The number of hydrogen-bond acceptors (Lipinski definition) is 3. The Hall–Kier alpha value is -3.41. The molecule has 0 spiro atoms. The van der Waals surface area contributed by atoms with Gasteiger partial charge in [0.05, 0.1) is 11.1 Å². The third-order valence-corrected chi connectivity index (χ3v) is 4.48. The standard InChI is InChI=1S/C20H17N3O3/c1-12-10-13-11-14(6-7-17(13)21-12)22-18(24)8-9-23-19(25)15-4-2-3-5-16(15)20(23)26/h2-7,10-11,21H,8-9H2,1H3,(H,22,24). The summed E-state index contributed by atoms with van der Waals surface area (Å²) in [7, 11) is 0. The fraction of sp³-hybridized carbons (Fsp3) is 0.150. The quantitative estimate of drug-likeness (QED) is 0.712. The molecule has 6 nitrogen and oxygen atoms in total. The van der Waals surface area contributed by atoms with Gasteiger partial charge in [0.2, 0.25) is 5.91 Å². The maximum Gasteiger partial charge on any atom is 0.261 e. The van der Waals surface area contributed by atoms with Crippen LogP contribution < -0.4 is 5.32 Å². The Morgan fingerprint density at radius 3 is 2.42 bits per heavy atom. The van der Waals surface area contributed by atoms with Crippen molar-refractivity contribution in [3.63, 3.8) is 0 Å². The van der Waals surface area contributed by atoms with Gasteiger partial charge in [-0.05, 0) is 43.3 Å². The Morgan fingerprint density at radius 2 is 1.73 bits per heavy atom. The Kier molecular flexibility index (Phi) is 3.80. The highest BCUT2D eigenvalue weighted by Crippen LogP contribution is 2.23. The molecule has 1 aliphatic heterocycles. The van der Waals surface area contributed by atoms with Crippen LogP contribution in [0.1, 0.15) is 32.8 Å². The maximum absolute atomic E-state index is 12.3. The summed E-state index contributed by atoms with van der Waals surface area (Å²) < 4.78 is 0. The number of rotatable bonds is 4.